The number of methoxy groups -OCH3 is 1. The van der Waals surface area contributed by atoms with Gasteiger partial charge in [-0.1, -0.05) is 90.5 Å². The molecule has 280 valence electrons. The largest absolute Gasteiger partial charge is 0.504 e. The van der Waals surface area contributed by atoms with Crippen molar-refractivity contribution in [1.82, 2.24) is 4.98 Å². The third kappa shape index (κ3) is 5.11. The Kier molecular flexibility index (Phi) is 7.97. The first-order valence-corrected chi connectivity index (χ1v) is 19.1. The number of para-hydroxylation sites is 2. The van der Waals surface area contributed by atoms with Crippen LogP contribution in [0.3, 0.4) is 0 Å². The van der Waals surface area contributed by atoms with Gasteiger partial charge in [-0.3, -0.25) is 24.1 Å². The number of benzene rings is 5. The number of carbonyl (C=O) groups excluding carboxylic acids is 4. The standard InChI is InChI=1S/C48H36N2O7/c1-56-40-23-18-29(24-38(40)51)43-32-21-22-33-42(47(55)50(46(33)54)31-19-16-28(17-20-31)45-49-37-14-8-9-15-39(37)57-45)35(32)25-36-44(53)34(27-10-4-2-5-11-27)26-41(52)48(36,43)30-12-6-3-7-13-30/h2-21,23-24,26,33,35-36,42-43,51H,22,25H2,1H3. The molecule has 3 aliphatic carbocycles. The van der Waals surface area contributed by atoms with Crippen LogP contribution < -0.4 is 9.64 Å². The second-order valence-electron chi connectivity index (χ2n) is 15.3. The van der Waals surface area contributed by atoms with Gasteiger partial charge in [0.05, 0.1) is 30.0 Å². The van der Waals surface area contributed by atoms with Gasteiger partial charge in [-0.25, -0.2) is 4.98 Å². The van der Waals surface area contributed by atoms with Gasteiger partial charge in [-0.15, -0.1) is 0 Å². The van der Waals surface area contributed by atoms with E-state index in [1.807, 2.05) is 97.1 Å². The minimum Gasteiger partial charge on any atom is -0.504 e. The van der Waals surface area contributed by atoms with Crippen LogP contribution in [0.4, 0.5) is 5.69 Å². The molecule has 1 aromatic heterocycles. The Hall–Kier alpha value is -6.87. The molecule has 2 fully saturated rings. The van der Waals surface area contributed by atoms with E-state index in [1.54, 1.807) is 36.4 Å². The molecular formula is C48H36N2O7. The number of hydrogen-bond donors (Lipinski definition) is 1. The van der Waals surface area contributed by atoms with Gasteiger partial charge in [-0.05, 0) is 90.1 Å². The summed E-state index contributed by atoms with van der Waals surface area (Å²) < 4.78 is 11.4. The average molecular weight is 753 g/mol. The van der Waals surface area contributed by atoms with Crippen LogP contribution in [-0.4, -0.2) is 40.6 Å². The molecule has 4 aliphatic rings. The van der Waals surface area contributed by atoms with E-state index in [-0.39, 0.29) is 47.7 Å². The number of aromatic nitrogens is 1. The molecule has 1 N–H and O–H groups in total. The predicted molar refractivity (Wildman–Crippen MR) is 213 cm³/mol. The van der Waals surface area contributed by atoms with Gasteiger partial charge in [0.1, 0.15) is 5.52 Å². The zero-order valence-electron chi connectivity index (χ0n) is 30.9. The number of hydrogen-bond acceptors (Lipinski definition) is 8. The van der Waals surface area contributed by atoms with Gasteiger partial charge < -0.3 is 14.3 Å². The summed E-state index contributed by atoms with van der Waals surface area (Å²) >= 11 is 0. The number of anilines is 1. The Morgan fingerprint density at radius 2 is 1.51 bits per heavy atom. The zero-order valence-corrected chi connectivity index (χ0v) is 30.9. The van der Waals surface area contributed by atoms with E-state index in [0.29, 0.717) is 45.0 Å². The normalized spacial score (nSPS) is 25.4. The van der Waals surface area contributed by atoms with Crippen molar-refractivity contribution in [1.29, 1.82) is 0 Å². The molecule has 9 heteroatoms. The molecule has 1 saturated heterocycles. The molecule has 6 unspecified atom stereocenters. The van der Waals surface area contributed by atoms with Crippen molar-refractivity contribution in [2.75, 3.05) is 12.0 Å². The lowest BCUT2D eigenvalue weighted by Crippen LogP contribution is -2.58. The SMILES string of the molecule is COc1ccc(C2C3=CCC4C(=O)N(c5ccc(-c6nc7ccccc7o6)cc5)C(=O)C4C3CC3C(=O)C(c4ccccc4)=CC(=O)C32c2ccccc2)cc1O. The predicted octanol–water partition coefficient (Wildman–Crippen LogP) is 8.24. The van der Waals surface area contributed by atoms with Gasteiger partial charge in [-0.2, -0.15) is 0 Å². The number of allylic oxidation sites excluding steroid dienone is 4. The minimum atomic E-state index is -1.40. The second-order valence-corrected chi connectivity index (χ2v) is 15.3. The van der Waals surface area contributed by atoms with E-state index >= 15 is 9.59 Å². The molecule has 9 nitrogen and oxygen atoms in total. The van der Waals surface area contributed by atoms with E-state index in [1.165, 1.54) is 18.1 Å². The molecule has 2 heterocycles. The van der Waals surface area contributed by atoms with Crippen molar-refractivity contribution < 1.29 is 33.4 Å². The Labute approximate surface area is 327 Å². The van der Waals surface area contributed by atoms with Crippen LogP contribution in [0.25, 0.3) is 28.1 Å². The highest BCUT2D eigenvalue weighted by molar-refractivity contribution is 6.32. The fourth-order valence-corrected chi connectivity index (χ4v) is 10.1. The van der Waals surface area contributed by atoms with E-state index < -0.39 is 35.0 Å². The van der Waals surface area contributed by atoms with Crippen LogP contribution in [-0.2, 0) is 24.6 Å². The number of Topliss-reactive ketones (excluding diaryl/α,β-unsaturated/α-hetero) is 1. The number of amides is 2. The van der Waals surface area contributed by atoms with E-state index in [2.05, 4.69) is 4.98 Å². The van der Waals surface area contributed by atoms with Crippen LogP contribution in [0.2, 0.25) is 0 Å². The van der Waals surface area contributed by atoms with Gasteiger partial charge >= 0.3 is 0 Å². The molecule has 0 radical (unpaired) electrons. The van der Waals surface area contributed by atoms with E-state index in [4.69, 9.17) is 9.15 Å². The first-order chi connectivity index (χ1) is 27.8. The number of aromatic hydroxyl groups is 1. The van der Waals surface area contributed by atoms with Crippen molar-refractivity contribution in [2.24, 2.45) is 23.7 Å². The fourth-order valence-electron chi connectivity index (χ4n) is 10.1. The lowest BCUT2D eigenvalue weighted by molar-refractivity contribution is -0.135. The second kappa shape index (κ2) is 13.1. The molecule has 57 heavy (non-hydrogen) atoms. The lowest BCUT2D eigenvalue weighted by atomic mass is 9.44. The molecule has 0 spiro atoms. The number of ether oxygens (including phenoxy) is 1. The smallest absolute Gasteiger partial charge is 0.238 e. The van der Waals surface area contributed by atoms with Crippen molar-refractivity contribution in [3.63, 3.8) is 0 Å². The van der Waals surface area contributed by atoms with Crippen LogP contribution in [0.15, 0.2) is 150 Å². The number of carbonyl (C=O) groups is 4. The number of ketones is 2. The third-order valence-corrected chi connectivity index (χ3v) is 12.6. The van der Waals surface area contributed by atoms with Crippen LogP contribution >= 0.6 is 0 Å². The summed E-state index contributed by atoms with van der Waals surface area (Å²) in [6.07, 6.45) is 3.96. The van der Waals surface area contributed by atoms with Gasteiger partial charge in [0.15, 0.2) is 28.6 Å². The quantitative estimate of drug-likeness (QED) is 0.133. The summed E-state index contributed by atoms with van der Waals surface area (Å²) in [5.74, 6) is -4.10. The minimum absolute atomic E-state index is 0.110. The number of fused-ring (bicyclic) bond motifs is 5. The summed E-state index contributed by atoms with van der Waals surface area (Å²) in [5.41, 5.74) is 4.17. The van der Waals surface area contributed by atoms with E-state index in [9.17, 15) is 14.7 Å². The fraction of sp³-hybridized carbons (Fsp3) is 0.188. The number of phenols is 1. The summed E-state index contributed by atoms with van der Waals surface area (Å²) in [7, 11) is 1.47. The summed E-state index contributed by atoms with van der Waals surface area (Å²) in [5, 5.41) is 11.2. The van der Waals surface area contributed by atoms with Gasteiger partial charge in [0.2, 0.25) is 17.7 Å². The lowest BCUT2D eigenvalue weighted by Gasteiger charge is -2.55. The maximum Gasteiger partial charge on any atom is 0.238 e. The first-order valence-electron chi connectivity index (χ1n) is 19.1. The van der Waals surface area contributed by atoms with Gasteiger partial charge in [0, 0.05) is 23.0 Å². The van der Waals surface area contributed by atoms with Crippen LogP contribution in [0, 0.1) is 23.7 Å². The monoisotopic (exact) mass is 752 g/mol. The molecule has 0 bridgehead atoms. The first kappa shape index (κ1) is 34.6. The highest BCUT2D eigenvalue weighted by atomic mass is 16.5. The van der Waals surface area contributed by atoms with Crippen molar-refractivity contribution in [2.45, 2.75) is 24.2 Å². The van der Waals surface area contributed by atoms with Crippen LogP contribution in [0.5, 0.6) is 11.5 Å². The average Bonchev–Trinajstić information content (AvgIpc) is 3.80. The number of rotatable bonds is 6. The summed E-state index contributed by atoms with van der Waals surface area (Å²) in [6.45, 7) is 0. The Balaban J connectivity index is 1.10. The molecule has 5 aromatic carbocycles. The molecule has 6 aromatic rings. The highest BCUT2D eigenvalue weighted by Gasteiger charge is 2.66. The highest BCUT2D eigenvalue weighted by Crippen LogP contribution is 2.64. The molecule has 1 aliphatic heterocycles. The Morgan fingerprint density at radius 3 is 2.23 bits per heavy atom. The van der Waals surface area contributed by atoms with Crippen molar-refractivity contribution in [3.8, 4) is 23.0 Å². The number of oxazole rings is 1. The topological polar surface area (TPSA) is 127 Å². The number of nitrogens with zero attached hydrogens (tertiary/aromatic N) is 2. The maximum atomic E-state index is 15.2. The molecule has 6 atom stereocenters. The maximum absolute atomic E-state index is 15.2. The molecule has 10 rings (SSSR count). The number of phenolic OH excluding ortho intramolecular Hbond substituents is 1. The van der Waals surface area contributed by atoms with Gasteiger partial charge in [0.25, 0.3) is 0 Å². The van der Waals surface area contributed by atoms with Crippen molar-refractivity contribution in [3.05, 3.63) is 162 Å². The third-order valence-electron chi connectivity index (χ3n) is 12.6. The Morgan fingerprint density at radius 1 is 0.789 bits per heavy atom. The zero-order chi connectivity index (χ0) is 39.0. The molecular weight excluding hydrogens is 717 g/mol. The van der Waals surface area contributed by atoms with Crippen molar-refractivity contribution >= 4 is 45.7 Å². The summed E-state index contributed by atoms with van der Waals surface area (Å²) in [4.78, 5) is 65.4. The van der Waals surface area contributed by atoms with Crippen LogP contribution in [0.1, 0.15) is 35.4 Å². The number of imide groups is 1. The summed E-state index contributed by atoms with van der Waals surface area (Å²) in [6, 6.07) is 38.1. The molecule has 2 amide bonds. The Bertz CT molecular complexity index is 2670. The van der Waals surface area contributed by atoms with E-state index in [0.717, 1.165) is 11.1 Å². The molecule has 1 saturated carbocycles.